The molecule has 0 aliphatic rings. The van der Waals surface area contributed by atoms with Crippen molar-refractivity contribution in [3.8, 4) is 0 Å². The van der Waals surface area contributed by atoms with E-state index in [9.17, 15) is 8.42 Å². The van der Waals surface area contributed by atoms with Crippen molar-refractivity contribution in [1.29, 1.82) is 0 Å². The quantitative estimate of drug-likeness (QED) is 0.631. The fourth-order valence-electron chi connectivity index (χ4n) is 0.187. The zero-order valence-corrected chi connectivity index (χ0v) is 10.7. The van der Waals surface area contributed by atoms with Gasteiger partial charge in [-0.15, -0.1) is 0 Å². The van der Waals surface area contributed by atoms with Crippen LogP contribution in [0.25, 0.3) is 0 Å². The molecule has 0 aliphatic carbocycles. The second kappa shape index (κ2) is 13.8. The summed E-state index contributed by atoms with van der Waals surface area (Å²) in [6, 6.07) is 0. The monoisotopic (exact) mass is 246 g/mol. The lowest BCUT2D eigenvalue weighted by molar-refractivity contribution is 0.180. The molecule has 8 heteroatoms. The van der Waals surface area contributed by atoms with Crippen molar-refractivity contribution in [1.82, 2.24) is 4.90 Å². The van der Waals surface area contributed by atoms with E-state index in [1.165, 1.54) is 7.05 Å². The number of hydrogen-bond donors (Lipinski definition) is 2. The van der Waals surface area contributed by atoms with Crippen LogP contribution in [0.3, 0.4) is 0 Å². The minimum absolute atomic E-state index is 0.268. The highest BCUT2D eigenvalue weighted by molar-refractivity contribution is 7.81. The Kier molecular flexibility index (Phi) is 18.5. The Bertz CT molecular complexity index is 191. The van der Waals surface area contributed by atoms with E-state index >= 15 is 0 Å². The molecule has 0 fully saturated rings. The Morgan fingerprint density at radius 2 is 1.60 bits per heavy atom. The first kappa shape index (κ1) is 20.2. The first-order valence-corrected chi connectivity index (χ1v) is 5.43. The fourth-order valence-corrected chi connectivity index (χ4v) is 0.562. The SMILES string of the molecule is CN.CN(C)C.COS(=O)(=O)OCCO. The van der Waals surface area contributed by atoms with Crippen LogP contribution in [-0.2, 0) is 18.8 Å². The van der Waals surface area contributed by atoms with Crippen molar-refractivity contribution >= 4 is 10.4 Å². The summed E-state index contributed by atoms with van der Waals surface area (Å²) in [5.41, 5.74) is 4.50. The lowest BCUT2D eigenvalue weighted by Gasteiger charge is -1.97. The third-order valence-corrected chi connectivity index (χ3v) is 1.39. The van der Waals surface area contributed by atoms with Gasteiger partial charge in [-0.25, -0.2) is 4.18 Å². The van der Waals surface area contributed by atoms with E-state index in [-0.39, 0.29) is 13.2 Å². The maximum absolute atomic E-state index is 10.2. The Hall–Kier alpha value is -0.250. The number of nitrogens with two attached hydrogens (primary N) is 1. The third-order valence-electron chi connectivity index (χ3n) is 0.523. The van der Waals surface area contributed by atoms with Gasteiger partial charge in [0.2, 0.25) is 0 Å². The molecule has 96 valence electrons. The van der Waals surface area contributed by atoms with Crippen molar-refractivity contribution in [2.24, 2.45) is 5.73 Å². The van der Waals surface area contributed by atoms with E-state index in [0.717, 1.165) is 7.11 Å². The molecule has 0 bridgehead atoms. The highest BCUT2D eigenvalue weighted by Crippen LogP contribution is 1.90. The van der Waals surface area contributed by atoms with E-state index in [0.29, 0.717) is 0 Å². The molecule has 3 N–H and O–H groups in total. The Balaban J connectivity index is -0.000000202. The topological polar surface area (TPSA) is 102 Å². The molecule has 0 heterocycles. The molecule has 0 aromatic heterocycles. The van der Waals surface area contributed by atoms with Gasteiger partial charge in [0.1, 0.15) is 0 Å². The average Bonchev–Trinajstić information content (AvgIpc) is 2.17. The molecule has 0 rings (SSSR count). The van der Waals surface area contributed by atoms with E-state index in [4.69, 9.17) is 5.11 Å². The maximum atomic E-state index is 10.2. The molecule has 0 saturated carbocycles. The summed E-state index contributed by atoms with van der Waals surface area (Å²) < 4.78 is 28.3. The van der Waals surface area contributed by atoms with Crippen LogP contribution in [0.2, 0.25) is 0 Å². The zero-order chi connectivity index (χ0) is 12.9. The average molecular weight is 246 g/mol. The molecule has 7 nitrogen and oxygen atoms in total. The number of nitrogens with zero attached hydrogens (tertiary/aromatic N) is 1. The summed E-state index contributed by atoms with van der Waals surface area (Å²) in [7, 11) is 4.64. The standard InChI is InChI=1S/C3H9N.C3H8O5S.CH5N/c1-4(2)3;1-7-9(5,6)8-3-2-4;1-2/h1-3H3;4H,2-3H2,1H3;2H2,1H3. The summed E-state index contributed by atoms with van der Waals surface area (Å²) in [6.45, 7) is -0.612. The van der Waals surface area contributed by atoms with E-state index in [2.05, 4.69) is 14.1 Å². The Labute approximate surface area is 92.1 Å². The summed E-state index contributed by atoms with van der Waals surface area (Å²) in [5.74, 6) is 0. The normalized spacial score (nSPS) is 9.87. The summed E-state index contributed by atoms with van der Waals surface area (Å²) in [4.78, 5) is 2.00. The predicted molar refractivity (Wildman–Crippen MR) is 58.7 cm³/mol. The van der Waals surface area contributed by atoms with Crippen LogP contribution in [0.1, 0.15) is 0 Å². The zero-order valence-electron chi connectivity index (χ0n) is 9.93. The van der Waals surface area contributed by atoms with Crippen molar-refractivity contribution in [2.75, 3.05) is 48.5 Å². The number of aliphatic hydroxyl groups is 1. The summed E-state index contributed by atoms with van der Waals surface area (Å²) in [5, 5.41) is 8.08. The van der Waals surface area contributed by atoms with Crippen molar-refractivity contribution in [2.45, 2.75) is 0 Å². The molecule has 0 aliphatic heterocycles. The van der Waals surface area contributed by atoms with E-state index in [1.54, 1.807) is 0 Å². The number of hydrogen-bond acceptors (Lipinski definition) is 7. The van der Waals surface area contributed by atoms with Gasteiger partial charge < -0.3 is 15.7 Å². The Morgan fingerprint density at radius 1 is 1.27 bits per heavy atom. The minimum atomic E-state index is -3.84. The third kappa shape index (κ3) is 31.6. The number of aliphatic hydroxyl groups excluding tert-OH is 1. The fraction of sp³-hybridized carbons (Fsp3) is 1.00. The maximum Gasteiger partial charge on any atom is 0.399 e. The predicted octanol–water partition coefficient (Wildman–Crippen LogP) is -1.36. The van der Waals surface area contributed by atoms with Gasteiger partial charge in [-0.2, -0.15) is 8.42 Å². The van der Waals surface area contributed by atoms with Gasteiger partial charge in [0.25, 0.3) is 0 Å². The summed E-state index contributed by atoms with van der Waals surface area (Å²) in [6.07, 6.45) is 0. The van der Waals surface area contributed by atoms with Crippen molar-refractivity contribution < 1.29 is 21.9 Å². The first-order valence-electron chi connectivity index (χ1n) is 4.10. The van der Waals surface area contributed by atoms with Crippen LogP contribution in [0, 0.1) is 0 Å². The Morgan fingerprint density at radius 3 is 1.80 bits per heavy atom. The van der Waals surface area contributed by atoms with Crippen molar-refractivity contribution in [3.05, 3.63) is 0 Å². The molecule has 0 atom stereocenters. The van der Waals surface area contributed by atoms with Gasteiger partial charge in [-0.05, 0) is 28.2 Å². The molecule has 0 aromatic carbocycles. The van der Waals surface area contributed by atoms with Gasteiger partial charge in [0, 0.05) is 0 Å². The molecule has 15 heavy (non-hydrogen) atoms. The van der Waals surface area contributed by atoms with E-state index in [1.807, 2.05) is 26.0 Å². The molecule has 0 radical (unpaired) electrons. The molecular formula is C7H22N2O5S. The van der Waals surface area contributed by atoms with Crippen LogP contribution >= 0.6 is 0 Å². The van der Waals surface area contributed by atoms with Gasteiger partial charge in [0.15, 0.2) is 0 Å². The first-order chi connectivity index (χ1) is 6.85. The molecule has 0 spiro atoms. The molecule has 0 saturated heterocycles. The second-order valence-corrected chi connectivity index (χ2v) is 3.85. The van der Waals surface area contributed by atoms with Gasteiger partial charge >= 0.3 is 10.4 Å². The van der Waals surface area contributed by atoms with E-state index < -0.39 is 10.4 Å². The number of rotatable bonds is 4. The minimum Gasteiger partial charge on any atom is -0.394 e. The van der Waals surface area contributed by atoms with Gasteiger partial charge in [-0.3, -0.25) is 4.18 Å². The van der Waals surface area contributed by atoms with Crippen LogP contribution in [-0.4, -0.2) is 66.9 Å². The highest BCUT2D eigenvalue weighted by Gasteiger charge is 2.06. The molecular weight excluding hydrogens is 224 g/mol. The molecule has 0 amide bonds. The van der Waals surface area contributed by atoms with Crippen LogP contribution in [0.5, 0.6) is 0 Å². The molecule has 0 aromatic rings. The summed E-state index contributed by atoms with van der Waals surface area (Å²) >= 11 is 0. The van der Waals surface area contributed by atoms with Crippen LogP contribution < -0.4 is 5.73 Å². The van der Waals surface area contributed by atoms with Crippen LogP contribution in [0.4, 0.5) is 0 Å². The smallest absolute Gasteiger partial charge is 0.394 e. The van der Waals surface area contributed by atoms with Gasteiger partial charge in [0.05, 0.1) is 20.3 Å². The highest BCUT2D eigenvalue weighted by atomic mass is 32.3. The van der Waals surface area contributed by atoms with Crippen LogP contribution in [0.15, 0.2) is 0 Å². The van der Waals surface area contributed by atoms with Gasteiger partial charge in [-0.1, -0.05) is 0 Å². The van der Waals surface area contributed by atoms with Crippen molar-refractivity contribution in [3.63, 3.8) is 0 Å². The molecule has 0 unspecified atom stereocenters. The largest absolute Gasteiger partial charge is 0.399 e. The lowest BCUT2D eigenvalue weighted by atomic mass is 10.8. The lowest BCUT2D eigenvalue weighted by Crippen LogP contribution is -2.10. The second-order valence-electron chi connectivity index (χ2n) is 2.46.